The van der Waals surface area contributed by atoms with Crippen molar-refractivity contribution in [2.24, 2.45) is 0 Å². The molecule has 0 aromatic heterocycles. The van der Waals surface area contributed by atoms with E-state index in [1.54, 1.807) is 5.01 Å². The van der Waals surface area contributed by atoms with Crippen LogP contribution in [-0.4, -0.2) is 29.8 Å². The SMILES string of the molecule is CN1C=CC(CO)NN1. The Balaban J connectivity index is 2.38. The van der Waals surface area contributed by atoms with Crippen LogP contribution in [0, 0.1) is 0 Å². The van der Waals surface area contributed by atoms with Gasteiger partial charge in [0.15, 0.2) is 0 Å². The third kappa shape index (κ3) is 1.67. The Hall–Kier alpha value is -0.580. The maximum Gasteiger partial charge on any atom is 0.0659 e. The van der Waals surface area contributed by atoms with Crippen molar-refractivity contribution in [1.82, 2.24) is 16.0 Å². The van der Waals surface area contributed by atoms with Crippen molar-refractivity contribution in [3.05, 3.63) is 12.3 Å². The van der Waals surface area contributed by atoms with Crippen LogP contribution in [0.3, 0.4) is 0 Å². The summed E-state index contributed by atoms with van der Waals surface area (Å²) in [6.45, 7) is 0.122. The summed E-state index contributed by atoms with van der Waals surface area (Å²) < 4.78 is 0. The molecule has 9 heavy (non-hydrogen) atoms. The second-order valence-electron chi connectivity index (χ2n) is 2.00. The molecule has 0 spiro atoms. The number of nitrogens with one attached hydrogen (secondary N) is 2. The molecule has 1 rings (SSSR count). The fraction of sp³-hybridized carbons (Fsp3) is 0.600. The highest BCUT2D eigenvalue weighted by Crippen LogP contribution is 1.90. The van der Waals surface area contributed by atoms with Crippen LogP contribution in [0.4, 0.5) is 0 Å². The Bertz CT molecular complexity index is 115. The highest BCUT2D eigenvalue weighted by Gasteiger charge is 2.05. The van der Waals surface area contributed by atoms with Gasteiger partial charge in [0.05, 0.1) is 12.6 Å². The lowest BCUT2D eigenvalue weighted by molar-refractivity contribution is 0.183. The minimum atomic E-state index is 0.0428. The molecule has 1 aliphatic rings. The van der Waals surface area contributed by atoms with E-state index in [9.17, 15) is 0 Å². The molecule has 52 valence electrons. The van der Waals surface area contributed by atoms with Gasteiger partial charge in [0.2, 0.25) is 0 Å². The summed E-state index contributed by atoms with van der Waals surface area (Å²) in [5, 5.41) is 10.4. The number of nitrogens with zero attached hydrogens (tertiary/aromatic N) is 1. The second kappa shape index (κ2) is 2.82. The van der Waals surface area contributed by atoms with Gasteiger partial charge in [0.1, 0.15) is 0 Å². The lowest BCUT2D eigenvalue weighted by Crippen LogP contribution is -2.51. The largest absolute Gasteiger partial charge is 0.394 e. The van der Waals surface area contributed by atoms with E-state index in [1.807, 2.05) is 19.3 Å². The van der Waals surface area contributed by atoms with E-state index in [2.05, 4.69) is 11.0 Å². The van der Waals surface area contributed by atoms with Crippen LogP contribution in [0.25, 0.3) is 0 Å². The molecule has 0 saturated carbocycles. The average molecular weight is 129 g/mol. The van der Waals surface area contributed by atoms with E-state index in [-0.39, 0.29) is 12.6 Å². The zero-order chi connectivity index (χ0) is 6.69. The predicted molar refractivity (Wildman–Crippen MR) is 34.0 cm³/mol. The van der Waals surface area contributed by atoms with Gasteiger partial charge in [-0.25, -0.2) is 5.43 Å². The summed E-state index contributed by atoms with van der Waals surface area (Å²) in [5.41, 5.74) is 5.68. The van der Waals surface area contributed by atoms with Gasteiger partial charge >= 0.3 is 0 Å². The molecule has 1 atom stereocenters. The minimum absolute atomic E-state index is 0.0428. The van der Waals surface area contributed by atoms with Crippen molar-refractivity contribution in [2.75, 3.05) is 13.7 Å². The Labute approximate surface area is 54.1 Å². The first-order chi connectivity index (χ1) is 4.33. The molecule has 4 heteroatoms. The van der Waals surface area contributed by atoms with Crippen molar-refractivity contribution in [3.8, 4) is 0 Å². The summed E-state index contributed by atoms with van der Waals surface area (Å²) >= 11 is 0. The molecule has 0 saturated heterocycles. The van der Waals surface area contributed by atoms with Gasteiger partial charge in [0, 0.05) is 13.2 Å². The van der Waals surface area contributed by atoms with Gasteiger partial charge in [-0.05, 0) is 6.08 Å². The van der Waals surface area contributed by atoms with Crippen LogP contribution in [0.1, 0.15) is 0 Å². The van der Waals surface area contributed by atoms with Crippen molar-refractivity contribution in [3.63, 3.8) is 0 Å². The van der Waals surface area contributed by atoms with Crippen LogP contribution in [0.2, 0.25) is 0 Å². The number of rotatable bonds is 1. The highest BCUT2D eigenvalue weighted by atomic mass is 16.3. The molecule has 1 heterocycles. The number of aliphatic hydroxyl groups excluding tert-OH is 1. The van der Waals surface area contributed by atoms with Gasteiger partial charge in [-0.1, -0.05) is 0 Å². The third-order valence-corrected chi connectivity index (χ3v) is 1.16. The normalized spacial score (nSPS) is 26.9. The molecule has 0 bridgehead atoms. The Morgan fingerprint density at radius 1 is 1.78 bits per heavy atom. The van der Waals surface area contributed by atoms with E-state index in [0.29, 0.717) is 0 Å². The smallest absolute Gasteiger partial charge is 0.0659 e. The summed E-state index contributed by atoms with van der Waals surface area (Å²) in [6, 6.07) is 0.0428. The number of hydrazine groups is 2. The standard InChI is InChI=1S/C5H11N3O/c1-8-3-2-5(4-9)6-7-8/h2-3,5-7,9H,4H2,1H3. The number of hydrogen-bond donors (Lipinski definition) is 3. The lowest BCUT2D eigenvalue weighted by atomic mass is 10.3. The molecule has 0 aromatic rings. The van der Waals surface area contributed by atoms with E-state index in [0.717, 1.165) is 0 Å². The first-order valence-electron chi connectivity index (χ1n) is 2.86. The number of aliphatic hydroxyl groups is 1. The van der Waals surface area contributed by atoms with Crippen molar-refractivity contribution in [1.29, 1.82) is 0 Å². The van der Waals surface area contributed by atoms with Crippen LogP contribution in [0.5, 0.6) is 0 Å². The van der Waals surface area contributed by atoms with Crippen LogP contribution >= 0.6 is 0 Å². The summed E-state index contributed by atoms with van der Waals surface area (Å²) in [7, 11) is 1.87. The van der Waals surface area contributed by atoms with E-state index in [1.165, 1.54) is 0 Å². The summed E-state index contributed by atoms with van der Waals surface area (Å²) in [6.07, 6.45) is 3.74. The molecular formula is C5H11N3O. The minimum Gasteiger partial charge on any atom is -0.394 e. The van der Waals surface area contributed by atoms with E-state index >= 15 is 0 Å². The predicted octanol–water partition coefficient (Wildman–Crippen LogP) is -1.18. The van der Waals surface area contributed by atoms with Crippen LogP contribution in [0.15, 0.2) is 12.3 Å². The monoisotopic (exact) mass is 129 g/mol. The van der Waals surface area contributed by atoms with E-state index < -0.39 is 0 Å². The van der Waals surface area contributed by atoms with Gasteiger partial charge in [-0.3, -0.25) is 0 Å². The first-order valence-corrected chi connectivity index (χ1v) is 2.86. The highest BCUT2D eigenvalue weighted by molar-refractivity contribution is 4.93. The van der Waals surface area contributed by atoms with Crippen LogP contribution < -0.4 is 11.0 Å². The lowest BCUT2D eigenvalue weighted by Gasteiger charge is -2.25. The quantitative estimate of drug-likeness (QED) is 0.417. The molecule has 1 unspecified atom stereocenters. The zero-order valence-electron chi connectivity index (χ0n) is 5.33. The second-order valence-corrected chi connectivity index (χ2v) is 2.00. The molecular weight excluding hydrogens is 118 g/mol. The first kappa shape index (κ1) is 6.54. The molecule has 0 aromatic carbocycles. The Morgan fingerprint density at radius 3 is 3.00 bits per heavy atom. The maximum absolute atomic E-state index is 8.61. The molecule has 1 aliphatic heterocycles. The fourth-order valence-electron chi connectivity index (χ4n) is 0.610. The molecule has 3 N–H and O–H groups in total. The van der Waals surface area contributed by atoms with Crippen molar-refractivity contribution >= 4 is 0 Å². The van der Waals surface area contributed by atoms with Gasteiger partial charge in [-0.15, -0.1) is 0 Å². The molecule has 0 radical (unpaired) electrons. The van der Waals surface area contributed by atoms with Gasteiger partial charge in [-0.2, -0.15) is 5.53 Å². The van der Waals surface area contributed by atoms with Crippen molar-refractivity contribution < 1.29 is 5.11 Å². The summed E-state index contributed by atoms with van der Waals surface area (Å²) in [5.74, 6) is 0. The topological polar surface area (TPSA) is 47.5 Å². The number of hydrogen-bond acceptors (Lipinski definition) is 4. The average Bonchev–Trinajstić information content (AvgIpc) is 1.90. The molecule has 0 aliphatic carbocycles. The molecule has 4 nitrogen and oxygen atoms in total. The zero-order valence-corrected chi connectivity index (χ0v) is 5.33. The fourth-order valence-corrected chi connectivity index (χ4v) is 0.610. The Kier molecular flexibility index (Phi) is 2.05. The van der Waals surface area contributed by atoms with Gasteiger partial charge < -0.3 is 10.1 Å². The third-order valence-electron chi connectivity index (χ3n) is 1.16. The van der Waals surface area contributed by atoms with E-state index in [4.69, 9.17) is 5.11 Å². The van der Waals surface area contributed by atoms with Gasteiger partial charge in [0.25, 0.3) is 0 Å². The van der Waals surface area contributed by atoms with Crippen LogP contribution in [-0.2, 0) is 0 Å². The molecule has 0 amide bonds. The summed E-state index contributed by atoms with van der Waals surface area (Å²) in [4.78, 5) is 0. The molecule has 0 fully saturated rings. The maximum atomic E-state index is 8.61. The Morgan fingerprint density at radius 2 is 2.56 bits per heavy atom. The van der Waals surface area contributed by atoms with Crippen molar-refractivity contribution in [2.45, 2.75) is 6.04 Å².